The molecule has 2 N–H and O–H groups in total. The van der Waals surface area contributed by atoms with E-state index in [1.165, 1.54) is 0 Å². The van der Waals surface area contributed by atoms with Crippen molar-refractivity contribution < 1.29 is 5.11 Å². The first-order valence-corrected chi connectivity index (χ1v) is 5.75. The molecule has 1 heterocycles. The molecule has 0 bridgehead atoms. The molecule has 0 aromatic rings. The Balaban J connectivity index is 2.68. The highest BCUT2D eigenvalue weighted by molar-refractivity contribution is 4.95. The summed E-state index contributed by atoms with van der Waals surface area (Å²) in [5.74, 6) is 0.677. The van der Waals surface area contributed by atoms with Crippen molar-refractivity contribution >= 4 is 0 Å². The molecule has 84 valence electrons. The van der Waals surface area contributed by atoms with Gasteiger partial charge in [-0.05, 0) is 51.0 Å². The summed E-state index contributed by atoms with van der Waals surface area (Å²) in [7, 11) is 0. The van der Waals surface area contributed by atoms with Crippen molar-refractivity contribution in [1.29, 1.82) is 0 Å². The third kappa shape index (κ3) is 2.96. The monoisotopic (exact) mass is 199 g/mol. The van der Waals surface area contributed by atoms with Gasteiger partial charge in [0.1, 0.15) is 0 Å². The van der Waals surface area contributed by atoms with Crippen LogP contribution in [0.5, 0.6) is 0 Å². The molecule has 14 heavy (non-hydrogen) atoms. The number of hydrogen-bond acceptors (Lipinski definition) is 2. The first-order chi connectivity index (χ1) is 6.39. The van der Waals surface area contributed by atoms with Crippen molar-refractivity contribution in [3.8, 4) is 0 Å². The number of rotatable bonds is 3. The summed E-state index contributed by atoms with van der Waals surface area (Å²) >= 11 is 0. The molecular weight excluding hydrogens is 174 g/mol. The lowest BCUT2D eigenvalue weighted by molar-refractivity contribution is 0.0305. The predicted octanol–water partition coefficient (Wildman–Crippen LogP) is 2.17. The van der Waals surface area contributed by atoms with Crippen molar-refractivity contribution in [2.75, 3.05) is 13.2 Å². The normalized spacial score (nSPS) is 32.1. The minimum absolute atomic E-state index is 0.170. The van der Waals surface area contributed by atoms with Crippen LogP contribution < -0.4 is 5.32 Å². The van der Waals surface area contributed by atoms with E-state index in [1.807, 2.05) is 0 Å². The summed E-state index contributed by atoms with van der Waals surface area (Å²) in [5.41, 5.74) is 0.360. The molecule has 2 heteroatoms. The molecule has 1 aliphatic rings. The van der Waals surface area contributed by atoms with Crippen LogP contribution in [-0.2, 0) is 0 Å². The maximum absolute atomic E-state index is 9.59. The van der Waals surface area contributed by atoms with Crippen LogP contribution in [0.25, 0.3) is 0 Å². The van der Waals surface area contributed by atoms with Crippen molar-refractivity contribution in [2.45, 2.75) is 52.5 Å². The fraction of sp³-hybridized carbons (Fsp3) is 1.00. The predicted molar refractivity (Wildman–Crippen MR) is 60.3 cm³/mol. The fourth-order valence-electron chi connectivity index (χ4n) is 2.99. The van der Waals surface area contributed by atoms with Gasteiger partial charge < -0.3 is 10.4 Å². The Hall–Kier alpha value is -0.0800. The van der Waals surface area contributed by atoms with Crippen molar-refractivity contribution in [2.24, 2.45) is 11.3 Å². The molecule has 1 rings (SSSR count). The molecule has 0 spiro atoms. The summed E-state index contributed by atoms with van der Waals surface area (Å²) in [6.07, 6.45) is 3.36. The molecule has 0 amide bonds. The van der Waals surface area contributed by atoms with Gasteiger partial charge in [0.25, 0.3) is 0 Å². The second-order valence-electron chi connectivity index (χ2n) is 5.99. The van der Waals surface area contributed by atoms with E-state index in [0.29, 0.717) is 12.5 Å². The second-order valence-corrected chi connectivity index (χ2v) is 5.99. The molecule has 2 nitrogen and oxygen atoms in total. The van der Waals surface area contributed by atoms with Crippen LogP contribution >= 0.6 is 0 Å². The third-order valence-corrected chi connectivity index (χ3v) is 3.25. The lowest BCUT2D eigenvalue weighted by Crippen LogP contribution is -2.52. The standard InChI is InChI=1S/C12H25NO/c1-10(2)7-12(9-14)5-6-13-11(3,4)8-12/h10,13-14H,5-9H2,1-4H3. The van der Waals surface area contributed by atoms with E-state index in [-0.39, 0.29) is 11.0 Å². The number of aliphatic hydroxyl groups excluding tert-OH is 1. The van der Waals surface area contributed by atoms with E-state index in [1.54, 1.807) is 0 Å². The Morgan fingerprint density at radius 1 is 1.36 bits per heavy atom. The molecule has 0 aromatic heterocycles. The van der Waals surface area contributed by atoms with Crippen LogP contribution in [0.1, 0.15) is 47.0 Å². The summed E-state index contributed by atoms with van der Waals surface area (Å²) < 4.78 is 0. The SMILES string of the molecule is CC(C)CC1(CO)CCNC(C)(C)C1. The highest BCUT2D eigenvalue weighted by Crippen LogP contribution is 2.40. The molecule has 1 fully saturated rings. The summed E-state index contributed by atoms with van der Waals surface area (Å²) in [6.45, 7) is 10.3. The van der Waals surface area contributed by atoms with Gasteiger partial charge in [0.2, 0.25) is 0 Å². The Kier molecular flexibility index (Phi) is 3.59. The smallest absolute Gasteiger partial charge is 0.0488 e. The zero-order valence-corrected chi connectivity index (χ0v) is 10.1. The second kappa shape index (κ2) is 4.19. The van der Waals surface area contributed by atoms with Crippen LogP contribution in [0.15, 0.2) is 0 Å². The summed E-state index contributed by atoms with van der Waals surface area (Å²) in [4.78, 5) is 0. The van der Waals surface area contributed by atoms with E-state index < -0.39 is 0 Å². The Labute approximate surface area is 88.1 Å². The molecule has 1 aliphatic heterocycles. The van der Waals surface area contributed by atoms with Gasteiger partial charge in [-0.2, -0.15) is 0 Å². The van der Waals surface area contributed by atoms with Crippen LogP contribution in [0, 0.1) is 11.3 Å². The van der Waals surface area contributed by atoms with Crippen LogP contribution in [0.2, 0.25) is 0 Å². The van der Waals surface area contributed by atoms with Crippen molar-refractivity contribution in [1.82, 2.24) is 5.32 Å². The number of piperidine rings is 1. The lowest BCUT2D eigenvalue weighted by Gasteiger charge is -2.45. The minimum atomic E-state index is 0.170. The molecule has 0 aromatic carbocycles. The largest absolute Gasteiger partial charge is 0.396 e. The van der Waals surface area contributed by atoms with E-state index in [9.17, 15) is 5.11 Å². The minimum Gasteiger partial charge on any atom is -0.396 e. The van der Waals surface area contributed by atoms with Gasteiger partial charge in [0.05, 0.1) is 0 Å². The highest BCUT2D eigenvalue weighted by atomic mass is 16.3. The zero-order chi connectivity index (χ0) is 10.8. The van der Waals surface area contributed by atoms with Crippen molar-refractivity contribution in [3.63, 3.8) is 0 Å². The number of nitrogens with one attached hydrogen (secondary N) is 1. The number of hydrogen-bond donors (Lipinski definition) is 2. The first-order valence-electron chi connectivity index (χ1n) is 5.75. The van der Waals surface area contributed by atoms with Gasteiger partial charge in [-0.3, -0.25) is 0 Å². The molecule has 1 saturated heterocycles. The quantitative estimate of drug-likeness (QED) is 0.730. The summed E-state index contributed by atoms with van der Waals surface area (Å²) in [5, 5.41) is 13.1. The molecule has 1 unspecified atom stereocenters. The average molecular weight is 199 g/mol. The lowest BCUT2D eigenvalue weighted by atomic mass is 9.68. The molecule has 1 atom stereocenters. The van der Waals surface area contributed by atoms with E-state index in [0.717, 1.165) is 25.8 Å². The van der Waals surface area contributed by atoms with Crippen LogP contribution in [0.3, 0.4) is 0 Å². The van der Waals surface area contributed by atoms with Gasteiger partial charge in [0.15, 0.2) is 0 Å². The van der Waals surface area contributed by atoms with E-state index in [2.05, 4.69) is 33.0 Å². The Morgan fingerprint density at radius 2 is 2.00 bits per heavy atom. The van der Waals surface area contributed by atoms with Gasteiger partial charge in [-0.25, -0.2) is 0 Å². The van der Waals surface area contributed by atoms with Crippen molar-refractivity contribution in [3.05, 3.63) is 0 Å². The zero-order valence-electron chi connectivity index (χ0n) is 10.1. The molecular formula is C12H25NO. The average Bonchev–Trinajstić information content (AvgIpc) is 2.01. The Morgan fingerprint density at radius 3 is 2.43 bits per heavy atom. The van der Waals surface area contributed by atoms with Crippen LogP contribution in [-0.4, -0.2) is 23.8 Å². The fourth-order valence-corrected chi connectivity index (χ4v) is 2.99. The first kappa shape index (κ1) is 12.0. The maximum Gasteiger partial charge on any atom is 0.0488 e. The molecule has 0 radical (unpaired) electrons. The van der Waals surface area contributed by atoms with E-state index in [4.69, 9.17) is 0 Å². The Bertz CT molecular complexity index is 189. The highest BCUT2D eigenvalue weighted by Gasteiger charge is 2.39. The number of aliphatic hydroxyl groups is 1. The van der Waals surface area contributed by atoms with Crippen LogP contribution in [0.4, 0.5) is 0 Å². The van der Waals surface area contributed by atoms with Gasteiger partial charge in [0, 0.05) is 12.1 Å². The van der Waals surface area contributed by atoms with Gasteiger partial charge in [-0.1, -0.05) is 13.8 Å². The summed E-state index contributed by atoms with van der Waals surface area (Å²) in [6, 6.07) is 0. The topological polar surface area (TPSA) is 32.3 Å². The van der Waals surface area contributed by atoms with Gasteiger partial charge in [-0.15, -0.1) is 0 Å². The molecule has 0 saturated carbocycles. The maximum atomic E-state index is 9.59. The van der Waals surface area contributed by atoms with Gasteiger partial charge >= 0.3 is 0 Å². The van der Waals surface area contributed by atoms with E-state index >= 15 is 0 Å². The third-order valence-electron chi connectivity index (χ3n) is 3.25. The molecule has 0 aliphatic carbocycles.